The zero-order valence-electron chi connectivity index (χ0n) is 14.1. The summed E-state index contributed by atoms with van der Waals surface area (Å²) in [6.45, 7) is 13.1. The van der Waals surface area contributed by atoms with Crippen LogP contribution in [0, 0.1) is 5.92 Å². The number of pyridine rings is 1. The van der Waals surface area contributed by atoms with Gasteiger partial charge in [-0.05, 0) is 57.2 Å². The van der Waals surface area contributed by atoms with Crippen LogP contribution in [0.3, 0.4) is 0 Å². The van der Waals surface area contributed by atoms with Gasteiger partial charge < -0.3 is 9.88 Å². The van der Waals surface area contributed by atoms with Crippen molar-refractivity contribution in [2.24, 2.45) is 5.92 Å². The molecular formula is C18H29N3. The number of hydrogen-bond donors (Lipinski definition) is 1. The molecule has 0 aliphatic rings. The molecule has 2 heterocycles. The minimum absolute atomic E-state index is 0.133. The molecule has 2 aromatic heterocycles. The quantitative estimate of drug-likeness (QED) is 0.855. The molecule has 1 N–H and O–H groups in total. The van der Waals surface area contributed by atoms with Gasteiger partial charge in [-0.3, -0.25) is 0 Å². The molecule has 0 unspecified atom stereocenters. The fraction of sp³-hybridized carbons (Fsp3) is 0.611. The molecule has 0 bridgehead atoms. The second-order valence-electron chi connectivity index (χ2n) is 7.36. The van der Waals surface area contributed by atoms with Crippen LogP contribution in [0.4, 0.5) is 0 Å². The third kappa shape index (κ3) is 4.57. The van der Waals surface area contributed by atoms with Crippen molar-refractivity contribution in [3.8, 4) is 0 Å². The van der Waals surface area contributed by atoms with Crippen LogP contribution in [-0.2, 0) is 13.1 Å². The van der Waals surface area contributed by atoms with Gasteiger partial charge in [-0.15, -0.1) is 0 Å². The first-order chi connectivity index (χ1) is 9.87. The maximum absolute atomic E-state index is 4.58. The number of rotatable bonds is 6. The Morgan fingerprint density at radius 3 is 2.71 bits per heavy atom. The van der Waals surface area contributed by atoms with Gasteiger partial charge in [0.2, 0.25) is 0 Å². The van der Waals surface area contributed by atoms with E-state index < -0.39 is 0 Å². The summed E-state index contributed by atoms with van der Waals surface area (Å²) in [6, 6.07) is 4.21. The highest BCUT2D eigenvalue weighted by atomic mass is 15.0. The number of fused-ring (bicyclic) bond motifs is 1. The van der Waals surface area contributed by atoms with Gasteiger partial charge in [0.25, 0.3) is 0 Å². The van der Waals surface area contributed by atoms with E-state index >= 15 is 0 Å². The topological polar surface area (TPSA) is 29.9 Å². The van der Waals surface area contributed by atoms with Crippen molar-refractivity contribution in [3.05, 3.63) is 30.1 Å². The first-order valence-corrected chi connectivity index (χ1v) is 8.04. The van der Waals surface area contributed by atoms with Crippen molar-refractivity contribution in [1.29, 1.82) is 0 Å². The highest BCUT2D eigenvalue weighted by Crippen LogP contribution is 2.21. The molecule has 0 saturated heterocycles. The van der Waals surface area contributed by atoms with Crippen molar-refractivity contribution in [2.45, 2.75) is 66.1 Å². The fourth-order valence-electron chi connectivity index (χ4n) is 2.54. The van der Waals surface area contributed by atoms with Crippen LogP contribution in [0.2, 0.25) is 0 Å². The molecule has 2 aromatic rings. The molecule has 0 aromatic carbocycles. The molecule has 0 radical (unpaired) electrons. The predicted molar refractivity (Wildman–Crippen MR) is 90.4 cm³/mol. The Labute approximate surface area is 128 Å². The highest BCUT2D eigenvalue weighted by molar-refractivity contribution is 5.80. The standard InChI is InChI=1S/C18H29N3/c1-14(2)8-7-11-21-13-15(12-20-18(3,4)5)16-9-6-10-19-17(16)21/h6,9-10,13-14,20H,7-8,11-12H2,1-5H3. The predicted octanol–water partition coefficient (Wildman–Crippen LogP) is 4.36. The van der Waals surface area contributed by atoms with E-state index in [0.717, 1.165) is 24.7 Å². The minimum atomic E-state index is 0.133. The van der Waals surface area contributed by atoms with Crippen LogP contribution >= 0.6 is 0 Å². The molecule has 3 nitrogen and oxygen atoms in total. The maximum atomic E-state index is 4.58. The third-order valence-corrected chi connectivity index (χ3v) is 3.71. The van der Waals surface area contributed by atoms with Crippen LogP contribution in [0.1, 0.15) is 53.0 Å². The molecular weight excluding hydrogens is 258 g/mol. The van der Waals surface area contributed by atoms with Gasteiger partial charge in [-0.25, -0.2) is 4.98 Å². The summed E-state index contributed by atoms with van der Waals surface area (Å²) in [5.74, 6) is 0.766. The first kappa shape index (κ1) is 16.0. The smallest absolute Gasteiger partial charge is 0.140 e. The molecule has 0 fully saturated rings. The molecule has 2 rings (SSSR count). The molecule has 0 saturated carbocycles. The van der Waals surface area contributed by atoms with Crippen molar-refractivity contribution in [3.63, 3.8) is 0 Å². The summed E-state index contributed by atoms with van der Waals surface area (Å²) < 4.78 is 2.32. The van der Waals surface area contributed by atoms with Crippen molar-refractivity contribution >= 4 is 11.0 Å². The average molecular weight is 287 g/mol. The fourth-order valence-corrected chi connectivity index (χ4v) is 2.54. The summed E-state index contributed by atoms with van der Waals surface area (Å²) in [7, 11) is 0. The van der Waals surface area contributed by atoms with Crippen LogP contribution in [0.15, 0.2) is 24.5 Å². The van der Waals surface area contributed by atoms with Crippen LogP contribution < -0.4 is 5.32 Å². The Bertz CT molecular complexity index is 576. The van der Waals surface area contributed by atoms with Gasteiger partial charge >= 0.3 is 0 Å². The van der Waals surface area contributed by atoms with E-state index in [1.807, 2.05) is 12.3 Å². The van der Waals surface area contributed by atoms with Crippen molar-refractivity contribution < 1.29 is 0 Å². The molecule has 0 amide bonds. The van der Waals surface area contributed by atoms with E-state index in [4.69, 9.17) is 0 Å². The van der Waals surface area contributed by atoms with E-state index in [9.17, 15) is 0 Å². The second kappa shape index (κ2) is 6.61. The van der Waals surface area contributed by atoms with Crippen LogP contribution in [0.25, 0.3) is 11.0 Å². The molecule has 0 spiro atoms. The molecule has 116 valence electrons. The largest absolute Gasteiger partial charge is 0.332 e. The Morgan fingerprint density at radius 1 is 1.29 bits per heavy atom. The lowest BCUT2D eigenvalue weighted by Crippen LogP contribution is -2.34. The molecule has 0 aliphatic heterocycles. The molecule has 0 aliphatic carbocycles. The zero-order valence-corrected chi connectivity index (χ0v) is 14.1. The minimum Gasteiger partial charge on any atom is -0.332 e. The summed E-state index contributed by atoms with van der Waals surface area (Å²) in [5.41, 5.74) is 2.60. The van der Waals surface area contributed by atoms with Crippen LogP contribution in [0.5, 0.6) is 0 Å². The second-order valence-corrected chi connectivity index (χ2v) is 7.36. The SMILES string of the molecule is CC(C)CCCn1cc(CNC(C)(C)C)c2cccnc21. The van der Waals surface area contributed by atoms with E-state index in [-0.39, 0.29) is 5.54 Å². The Balaban J connectivity index is 2.18. The van der Waals surface area contributed by atoms with E-state index in [1.54, 1.807) is 0 Å². The summed E-state index contributed by atoms with van der Waals surface area (Å²) in [6.07, 6.45) is 6.64. The lowest BCUT2D eigenvalue weighted by atomic mass is 10.1. The third-order valence-electron chi connectivity index (χ3n) is 3.71. The Kier molecular flexibility index (Phi) is 5.04. The average Bonchev–Trinajstić information content (AvgIpc) is 2.74. The van der Waals surface area contributed by atoms with Gasteiger partial charge in [0.05, 0.1) is 0 Å². The van der Waals surface area contributed by atoms with Crippen LogP contribution in [-0.4, -0.2) is 15.1 Å². The van der Waals surface area contributed by atoms with Gasteiger partial charge in [0.1, 0.15) is 5.65 Å². The first-order valence-electron chi connectivity index (χ1n) is 8.04. The van der Waals surface area contributed by atoms with E-state index in [1.165, 1.54) is 23.8 Å². The number of nitrogens with one attached hydrogen (secondary N) is 1. The van der Waals surface area contributed by atoms with E-state index in [2.05, 4.69) is 61.7 Å². The lowest BCUT2D eigenvalue weighted by molar-refractivity contribution is 0.424. The number of aromatic nitrogens is 2. The monoisotopic (exact) mass is 287 g/mol. The van der Waals surface area contributed by atoms with Crippen molar-refractivity contribution in [1.82, 2.24) is 14.9 Å². The Morgan fingerprint density at radius 2 is 2.05 bits per heavy atom. The highest BCUT2D eigenvalue weighted by Gasteiger charge is 2.13. The number of hydrogen-bond acceptors (Lipinski definition) is 2. The summed E-state index contributed by atoms with van der Waals surface area (Å²) >= 11 is 0. The summed E-state index contributed by atoms with van der Waals surface area (Å²) in [5, 5.41) is 4.85. The van der Waals surface area contributed by atoms with Gasteiger partial charge in [-0.2, -0.15) is 0 Å². The summed E-state index contributed by atoms with van der Waals surface area (Å²) in [4.78, 5) is 4.58. The Hall–Kier alpha value is -1.35. The lowest BCUT2D eigenvalue weighted by Gasteiger charge is -2.20. The maximum Gasteiger partial charge on any atom is 0.140 e. The molecule has 0 atom stereocenters. The van der Waals surface area contributed by atoms with Gasteiger partial charge in [-0.1, -0.05) is 13.8 Å². The van der Waals surface area contributed by atoms with E-state index in [0.29, 0.717) is 0 Å². The van der Waals surface area contributed by atoms with Crippen molar-refractivity contribution in [2.75, 3.05) is 0 Å². The number of aryl methyl sites for hydroxylation is 1. The molecule has 21 heavy (non-hydrogen) atoms. The number of nitrogens with zero attached hydrogens (tertiary/aromatic N) is 2. The molecule has 3 heteroatoms. The van der Waals surface area contributed by atoms with Gasteiger partial charge in [0, 0.05) is 36.4 Å². The zero-order chi connectivity index (χ0) is 15.5. The normalized spacial score (nSPS) is 12.5. The van der Waals surface area contributed by atoms with Gasteiger partial charge in [0.15, 0.2) is 0 Å².